The number of hydrogen-bond acceptors (Lipinski definition) is 3. The Labute approximate surface area is 131 Å². The highest BCUT2D eigenvalue weighted by molar-refractivity contribution is 5.99. The smallest absolute Gasteiger partial charge is 0.253 e. The van der Waals surface area contributed by atoms with Gasteiger partial charge in [0.25, 0.3) is 5.91 Å². The molecule has 1 saturated heterocycles. The van der Waals surface area contributed by atoms with Crippen molar-refractivity contribution in [3.8, 4) is 5.75 Å². The largest absolute Gasteiger partial charge is 0.488 e. The summed E-state index contributed by atoms with van der Waals surface area (Å²) in [5.74, 6) is 0.925. The number of hydrogen-bond donors (Lipinski definition) is 1. The van der Waals surface area contributed by atoms with Crippen molar-refractivity contribution >= 4 is 24.4 Å². The standard InChI is InChI=1S/C16H20N2O2.ClH/c1-16(10-17)6-7-18(11-16)15(19)13-8-12-4-2-3-5-14(12)20-9-13;/h2-5,8H,6-7,9-11,17H2,1H3;1H. The summed E-state index contributed by atoms with van der Waals surface area (Å²) in [5, 5.41) is 0. The maximum absolute atomic E-state index is 12.6. The molecule has 3 rings (SSSR count). The Morgan fingerprint density at radius 1 is 1.43 bits per heavy atom. The number of halogens is 1. The topological polar surface area (TPSA) is 55.6 Å². The van der Waals surface area contributed by atoms with Crippen molar-refractivity contribution in [2.24, 2.45) is 11.1 Å². The summed E-state index contributed by atoms with van der Waals surface area (Å²) in [6.07, 6.45) is 2.92. The van der Waals surface area contributed by atoms with Gasteiger partial charge in [0.1, 0.15) is 12.4 Å². The van der Waals surface area contributed by atoms with Gasteiger partial charge in [-0.15, -0.1) is 12.4 Å². The van der Waals surface area contributed by atoms with Gasteiger partial charge >= 0.3 is 0 Å². The number of amides is 1. The predicted octanol–water partition coefficient (Wildman–Crippen LogP) is 2.08. The second kappa shape index (κ2) is 6.08. The Bertz CT molecular complexity index is 573. The Balaban J connectivity index is 0.00000161. The van der Waals surface area contributed by atoms with E-state index in [0.717, 1.165) is 36.4 Å². The molecular formula is C16H21ClN2O2. The van der Waals surface area contributed by atoms with Crippen LogP contribution in [0.2, 0.25) is 0 Å². The van der Waals surface area contributed by atoms with Crippen LogP contribution in [-0.2, 0) is 4.79 Å². The summed E-state index contributed by atoms with van der Waals surface area (Å²) >= 11 is 0. The van der Waals surface area contributed by atoms with Crippen LogP contribution >= 0.6 is 12.4 Å². The van der Waals surface area contributed by atoms with Crippen LogP contribution in [0.3, 0.4) is 0 Å². The molecule has 0 aromatic heterocycles. The molecule has 2 N–H and O–H groups in total. The molecule has 1 amide bonds. The highest BCUT2D eigenvalue weighted by Crippen LogP contribution is 2.31. The Hall–Kier alpha value is -1.52. The summed E-state index contributed by atoms with van der Waals surface area (Å²) in [6.45, 7) is 4.63. The number of carbonyl (C=O) groups excluding carboxylic acids is 1. The highest BCUT2D eigenvalue weighted by atomic mass is 35.5. The lowest BCUT2D eigenvalue weighted by molar-refractivity contribution is -0.126. The van der Waals surface area contributed by atoms with E-state index in [-0.39, 0.29) is 23.7 Å². The van der Waals surface area contributed by atoms with Crippen molar-refractivity contribution in [1.29, 1.82) is 0 Å². The van der Waals surface area contributed by atoms with E-state index >= 15 is 0 Å². The molecule has 21 heavy (non-hydrogen) atoms. The summed E-state index contributed by atoms with van der Waals surface area (Å²) in [5.41, 5.74) is 7.56. The van der Waals surface area contributed by atoms with E-state index in [2.05, 4.69) is 6.92 Å². The maximum atomic E-state index is 12.6. The summed E-state index contributed by atoms with van der Waals surface area (Å²) in [7, 11) is 0. The van der Waals surface area contributed by atoms with Crippen molar-refractivity contribution in [2.45, 2.75) is 13.3 Å². The maximum Gasteiger partial charge on any atom is 0.253 e. The van der Waals surface area contributed by atoms with Gasteiger partial charge in [0.05, 0.1) is 5.57 Å². The average Bonchev–Trinajstić information content (AvgIpc) is 2.89. The Kier molecular flexibility index (Phi) is 4.59. The minimum absolute atomic E-state index is 0. The van der Waals surface area contributed by atoms with Crippen LogP contribution in [0.4, 0.5) is 0 Å². The van der Waals surface area contributed by atoms with E-state index in [9.17, 15) is 4.79 Å². The number of fused-ring (bicyclic) bond motifs is 1. The van der Waals surface area contributed by atoms with Crippen LogP contribution in [0, 0.1) is 5.41 Å². The highest BCUT2D eigenvalue weighted by Gasteiger charge is 2.36. The zero-order valence-corrected chi connectivity index (χ0v) is 13.0. The van der Waals surface area contributed by atoms with Crippen molar-refractivity contribution < 1.29 is 9.53 Å². The molecule has 0 radical (unpaired) electrons. The zero-order valence-electron chi connectivity index (χ0n) is 12.2. The lowest BCUT2D eigenvalue weighted by Gasteiger charge is -2.24. The molecule has 1 unspecified atom stereocenters. The third-order valence-electron chi connectivity index (χ3n) is 4.24. The van der Waals surface area contributed by atoms with Crippen LogP contribution in [0.5, 0.6) is 5.75 Å². The van der Waals surface area contributed by atoms with E-state index in [1.54, 1.807) is 0 Å². The van der Waals surface area contributed by atoms with E-state index < -0.39 is 0 Å². The molecule has 0 spiro atoms. The number of likely N-dealkylation sites (tertiary alicyclic amines) is 1. The number of nitrogens with two attached hydrogens (primary N) is 1. The van der Waals surface area contributed by atoms with Gasteiger partial charge in [0.15, 0.2) is 0 Å². The minimum Gasteiger partial charge on any atom is -0.488 e. The number of para-hydroxylation sites is 1. The lowest BCUT2D eigenvalue weighted by atomic mass is 9.90. The van der Waals surface area contributed by atoms with E-state index in [4.69, 9.17) is 10.5 Å². The van der Waals surface area contributed by atoms with Gasteiger partial charge < -0.3 is 15.4 Å². The zero-order chi connectivity index (χ0) is 14.2. The molecule has 1 atom stereocenters. The quantitative estimate of drug-likeness (QED) is 0.910. The fourth-order valence-corrected chi connectivity index (χ4v) is 2.81. The van der Waals surface area contributed by atoms with Crippen molar-refractivity contribution in [3.05, 3.63) is 35.4 Å². The van der Waals surface area contributed by atoms with Crippen LogP contribution in [0.1, 0.15) is 18.9 Å². The van der Waals surface area contributed by atoms with E-state index in [1.807, 2.05) is 35.2 Å². The molecule has 114 valence electrons. The Morgan fingerprint density at radius 3 is 2.90 bits per heavy atom. The molecule has 2 aliphatic rings. The molecule has 1 aromatic carbocycles. The number of rotatable bonds is 2. The number of ether oxygens (including phenoxy) is 1. The molecule has 0 aliphatic carbocycles. The van der Waals surface area contributed by atoms with Crippen LogP contribution in [-0.4, -0.2) is 37.0 Å². The van der Waals surface area contributed by atoms with Gasteiger partial charge in [-0.3, -0.25) is 4.79 Å². The van der Waals surface area contributed by atoms with Crippen LogP contribution in [0.25, 0.3) is 6.08 Å². The number of nitrogens with zero attached hydrogens (tertiary/aromatic N) is 1. The molecule has 1 fully saturated rings. The van der Waals surface area contributed by atoms with Crippen LogP contribution in [0.15, 0.2) is 29.8 Å². The van der Waals surface area contributed by atoms with Crippen molar-refractivity contribution in [2.75, 3.05) is 26.2 Å². The second-order valence-corrected chi connectivity index (χ2v) is 5.99. The van der Waals surface area contributed by atoms with Crippen molar-refractivity contribution in [1.82, 2.24) is 4.90 Å². The SMILES string of the molecule is CC1(CN)CCN(C(=O)C2=Cc3ccccc3OC2)C1.Cl. The summed E-state index contributed by atoms with van der Waals surface area (Å²) < 4.78 is 5.65. The third kappa shape index (κ3) is 3.06. The molecule has 5 heteroatoms. The molecule has 2 heterocycles. The molecular weight excluding hydrogens is 288 g/mol. The molecule has 0 saturated carbocycles. The normalized spacial score (nSPS) is 23.7. The Morgan fingerprint density at radius 2 is 2.19 bits per heavy atom. The lowest BCUT2D eigenvalue weighted by Crippen LogP contribution is -2.36. The van der Waals surface area contributed by atoms with Crippen LogP contribution < -0.4 is 10.5 Å². The second-order valence-electron chi connectivity index (χ2n) is 5.99. The fraction of sp³-hybridized carbons (Fsp3) is 0.438. The van der Waals surface area contributed by atoms with Gasteiger partial charge in [-0.2, -0.15) is 0 Å². The van der Waals surface area contributed by atoms with Gasteiger partial charge in [0.2, 0.25) is 0 Å². The first-order valence-corrected chi connectivity index (χ1v) is 7.03. The molecule has 1 aromatic rings. The average molecular weight is 309 g/mol. The van der Waals surface area contributed by atoms with Gasteiger partial charge in [-0.05, 0) is 30.5 Å². The first kappa shape index (κ1) is 15.9. The van der Waals surface area contributed by atoms with Crippen molar-refractivity contribution in [3.63, 3.8) is 0 Å². The molecule has 4 nitrogen and oxygen atoms in total. The first-order chi connectivity index (χ1) is 9.61. The number of carbonyl (C=O) groups is 1. The minimum atomic E-state index is 0. The van der Waals surface area contributed by atoms with Gasteiger partial charge in [0, 0.05) is 18.7 Å². The number of benzene rings is 1. The molecule has 0 bridgehead atoms. The third-order valence-corrected chi connectivity index (χ3v) is 4.24. The predicted molar refractivity (Wildman–Crippen MR) is 85.5 cm³/mol. The van der Waals surface area contributed by atoms with Gasteiger partial charge in [-0.1, -0.05) is 25.1 Å². The van der Waals surface area contributed by atoms with E-state index in [1.165, 1.54) is 0 Å². The monoisotopic (exact) mass is 308 g/mol. The fourth-order valence-electron chi connectivity index (χ4n) is 2.81. The van der Waals surface area contributed by atoms with E-state index in [0.29, 0.717) is 13.2 Å². The summed E-state index contributed by atoms with van der Waals surface area (Å²) in [4.78, 5) is 14.4. The summed E-state index contributed by atoms with van der Waals surface area (Å²) in [6, 6.07) is 7.78. The molecule has 2 aliphatic heterocycles. The first-order valence-electron chi connectivity index (χ1n) is 7.03. The van der Waals surface area contributed by atoms with Gasteiger partial charge in [-0.25, -0.2) is 0 Å².